The Balaban J connectivity index is 1.87. The number of ether oxygens (including phenoxy) is 1. The molecule has 1 N–H and O–H groups in total. The van der Waals surface area contributed by atoms with Crippen LogP contribution in [-0.2, 0) is 4.74 Å². The lowest BCUT2D eigenvalue weighted by Gasteiger charge is -2.26. The molecule has 0 saturated carbocycles. The van der Waals surface area contributed by atoms with Gasteiger partial charge in [-0.2, -0.15) is 0 Å². The molecule has 1 unspecified atom stereocenters. The summed E-state index contributed by atoms with van der Waals surface area (Å²) < 4.78 is 5.28. The zero-order valence-corrected chi connectivity index (χ0v) is 9.72. The van der Waals surface area contributed by atoms with Crippen LogP contribution in [-0.4, -0.2) is 56.2 Å². The molecule has 1 aliphatic rings. The van der Waals surface area contributed by atoms with Crippen LogP contribution in [0.1, 0.15) is 13.3 Å². The number of hydrogen-bond acceptors (Lipinski definition) is 3. The number of hydrogen-bond donors (Lipinski definition) is 1. The van der Waals surface area contributed by atoms with Gasteiger partial charge >= 0.3 is 0 Å². The fraction of sp³-hybridized carbons (Fsp3) is 1.00. The Morgan fingerprint density at radius 1 is 1.36 bits per heavy atom. The topological polar surface area (TPSA) is 24.5 Å². The zero-order chi connectivity index (χ0) is 10.2. The lowest BCUT2D eigenvalue weighted by atomic mass is 10.3. The van der Waals surface area contributed by atoms with Crippen molar-refractivity contribution in [1.29, 1.82) is 0 Å². The van der Waals surface area contributed by atoms with Gasteiger partial charge in [0.05, 0.1) is 13.2 Å². The molecule has 0 aromatic heterocycles. The van der Waals surface area contributed by atoms with Crippen molar-refractivity contribution in [2.45, 2.75) is 18.7 Å². The van der Waals surface area contributed by atoms with Gasteiger partial charge in [0, 0.05) is 31.6 Å². The maximum absolute atomic E-state index is 5.84. The van der Waals surface area contributed by atoms with Crippen molar-refractivity contribution in [1.82, 2.24) is 10.2 Å². The van der Waals surface area contributed by atoms with Gasteiger partial charge in [0.25, 0.3) is 0 Å². The summed E-state index contributed by atoms with van der Waals surface area (Å²) in [6.07, 6.45) is 1.05. The number of morpholine rings is 1. The second-order valence-corrected chi connectivity index (χ2v) is 4.52. The summed E-state index contributed by atoms with van der Waals surface area (Å²) in [5, 5.41) is 3.68. The molecule has 4 heteroatoms. The van der Waals surface area contributed by atoms with Gasteiger partial charge in [-0.15, -0.1) is 11.6 Å². The Morgan fingerprint density at radius 3 is 2.71 bits per heavy atom. The van der Waals surface area contributed by atoms with Crippen LogP contribution in [0.2, 0.25) is 0 Å². The van der Waals surface area contributed by atoms with Crippen molar-refractivity contribution in [3.8, 4) is 0 Å². The summed E-state index contributed by atoms with van der Waals surface area (Å²) in [6, 6.07) is 0. The first-order valence-corrected chi connectivity index (χ1v) is 5.87. The minimum Gasteiger partial charge on any atom is -0.379 e. The molecule has 1 fully saturated rings. The van der Waals surface area contributed by atoms with Gasteiger partial charge in [-0.1, -0.05) is 0 Å². The first-order chi connectivity index (χ1) is 6.79. The summed E-state index contributed by atoms with van der Waals surface area (Å²) >= 11 is 5.84. The molecule has 0 bridgehead atoms. The SMILES string of the molecule is CC(Cl)CCNCCN1CCOCC1. The van der Waals surface area contributed by atoms with Crippen molar-refractivity contribution >= 4 is 11.6 Å². The fourth-order valence-corrected chi connectivity index (χ4v) is 1.60. The maximum atomic E-state index is 5.84. The molecule has 0 amide bonds. The van der Waals surface area contributed by atoms with Crippen LogP contribution in [0.25, 0.3) is 0 Å². The quantitative estimate of drug-likeness (QED) is 0.533. The maximum Gasteiger partial charge on any atom is 0.0594 e. The number of alkyl halides is 1. The van der Waals surface area contributed by atoms with E-state index in [9.17, 15) is 0 Å². The molecular formula is C10H21ClN2O. The molecule has 0 aromatic carbocycles. The summed E-state index contributed by atoms with van der Waals surface area (Å²) in [6.45, 7) is 9.17. The molecule has 0 aliphatic carbocycles. The van der Waals surface area contributed by atoms with E-state index in [1.807, 2.05) is 6.92 Å². The number of nitrogens with zero attached hydrogens (tertiary/aromatic N) is 1. The van der Waals surface area contributed by atoms with Crippen molar-refractivity contribution in [2.24, 2.45) is 0 Å². The summed E-state index contributed by atoms with van der Waals surface area (Å²) in [4.78, 5) is 2.43. The third-order valence-electron chi connectivity index (χ3n) is 2.43. The monoisotopic (exact) mass is 220 g/mol. The predicted octanol–water partition coefficient (Wildman–Crippen LogP) is 0.926. The summed E-state index contributed by atoms with van der Waals surface area (Å²) in [7, 11) is 0. The predicted molar refractivity (Wildman–Crippen MR) is 60.1 cm³/mol. The van der Waals surface area contributed by atoms with E-state index < -0.39 is 0 Å². The molecule has 0 aromatic rings. The third-order valence-corrected chi connectivity index (χ3v) is 2.65. The van der Waals surface area contributed by atoms with Crippen molar-refractivity contribution < 1.29 is 4.74 Å². The second kappa shape index (κ2) is 7.46. The standard InChI is InChI=1S/C10H21ClN2O/c1-10(11)2-3-12-4-5-13-6-8-14-9-7-13/h10,12H,2-9H2,1H3. The van der Waals surface area contributed by atoms with Crippen LogP contribution in [0.15, 0.2) is 0 Å². The van der Waals surface area contributed by atoms with E-state index >= 15 is 0 Å². The molecule has 1 rings (SSSR count). The Hall–Kier alpha value is 0.170. The highest BCUT2D eigenvalue weighted by molar-refractivity contribution is 6.20. The highest BCUT2D eigenvalue weighted by Gasteiger charge is 2.08. The summed E-state index contributed by atoms with van der Waals surface area (Å²) in [5.74, 6) is 0. The van der Waals surface area contributed by atoms with Crippen LogP contribution >= 0.6 is 11.6 Å². The zero-order valence-electron chi connectivity index (χ0n) is 8.97. The third kappa shape index (κ3) is 5.81. The highest BCUT2D eigenvalue weighted by Crippen LogP contribution is 1.97. The van der Waals surface area contributed by atoms with E-state index in [4.69, 9.17) is 16.3 Å². The fourth-order valence-electron chi connectivity index (χ4n) is 1.49. The van der Waals surface area contributed by atoms with Crippen LogP contribution in [0.5, 0.6) is 0 Å². The average molecular weight is 221 g/mol. The summed E-state index contributed by atoms with van der Waals surface area (Å²) in [5.41, 5.74) is 0. The second-order valence-electron chi connectivity index (χ2n) is 3.77. The van der Waals surface area contributed by atoms with Crippen LogP contribution < -0.4 is 5.32 Å². The number of nitrogens with one attached hydrogen (secondary N) is 1. The largest absolute Gasteiger partial charge is 0.379 e. The van der Waals surface area contributed by atoms with E-state index in [1.54, 1.807) is 0 Å². The number of halogens is 1. The number of rotatable bonds is 6. The minimum atomic E-state index is 0.283. The molecule has 1 heterocycles. The van der Waals surface area contributed by atoms with Crippen LogP contribution in [0, 0.1) is 0 Å². The van der Waals surface area contributed by atoms with Crippen LogP contribution in [0.4, 0.5) is 0 Å². The molecule has 3 nitrogen and oxygen atoms in total. The Bertz CT molecular complexity index is 138. The van der Waals surface area contributed by atoms with Crippen molar-refractivity contribution in [2.75, 3.05) is 45.9 Å². The van der Waals surface area contributed by atoms with Gasteiger partial charge in [0.2, 0.25) is 0 Å². The van der Waals surface area contributed by atoms with E-state index in [2.05, 4.69) is 10.2 Å². The molecule has 1 atom stereocenters. The lowest BCUT2D eigenvalue weighted by Crippen LogP contribution is -2.40. The first-order valence-electron chi connectivity index (χ1n) is 5.44. The smallest absolute Gasteiger partial charge is 0.0594 e. The Kier molecular flexibility index (Phi) is 6.52. The van der Waals surface area contributed by atoms with E-state index in [0.29, 0.717) is 0 Å². The van der Waals surface area contributed by atoms with E-state index in [0.717, 1.165) is 52.4 Å². The van der Waals surface area contributed by atoms with Gasteiger partial charge < -0.3 is 10.1 Å². The molecule has 14 heavy (non-hydrogen) atoms. The van der Waals surface area contributed by atoms with E-state index in [-0.39, 0.29) is 5.38 Å². The van der Waals surface area contributed by atoms with Gasteiger partial charge in [0.1, 0.15) is 0 Å². The Labute approximate surface area is 91.7 Å². The first kappa shape index (κ1) is 12.2. The molecule has 1 saturated heterocycles. The average Bonchev–Trinajstić information content (AvgIpc) is 2.18. The van der Waals surface area contributed by atoms with Gasteiger partial charge in [-0.05, 0) is 19.9 Å². The molecule has 0 radical (unpaired) electrons. The Morgan fingerprint density at radius 2 is 2.07 bits per heavy atom. The molecular weight excluding hydrogens is 200 g/mol. The van der Waals surface area contributed by atoms with Gasteiger partial charge in [0.15, 0.2) is 0 Å². The normalized spacial score (nSPS) is 21.0. The van der Waals surface area contributed by atoms with Gasteiger partial charge in [-0.3, -0.25) is 4.90 Å². The van der Waals surface area contributed by atoms with Gasteiger partial charge in [-0.25, -0.2) is 0 Å². The van der Waals surface area contributed by atoms with Crippen LogP contribution in [0.3, 0.4) is 0 Å². The molecule has 1 aliphatic heterocycles. The highest BCUT2D eigenvalue weighted by atomic mass is 35.5. The van der Waals surface area contributed by atoms with E-state index in [1.165, 1.54) is 0 Å². The lowest BCUT2D eigenvalue weighted by molar-refractivity contribution is 0.0384. The van der Waals surface area contributed by atoms with Crippen molar-refractivity contribution in [3.05, 3.63) is 0 Å². The molecule has 0 spiro atoms. The molecule has 84 valence electrons. The van der Waals surface area contributed by atoms with Crippen molar-refractivity contribution in [3.63, 3.8) is 0 Å². The minimum absolute atomic E-state index is 0.283.